The lowest BCUT2D eigenvalue weighted by atomic mass is 10.2. The van der Waals surface area contributed by atoms with Gasteiger partial charge in [-0.1, -0.05) is 0 Å². The molecular formula is C11H10INO3. The summed E-state index contributed by atoms with van der Waals surface area (Å²) in [5, 5.41) is 0. The van der Waals surface area contributed by atoms with E-state index in [0.29, 0.717) is 5.76 Å². The summed E-state index contributed by atoms with van der Waals surface area (Å²) in [6.45, 7) is 1.92. The molecule has 2 aromatic heterocycles. The topological polar surface area (TPSA) is 44.4 Å². The normalized spacial score (nSPS) is 10.4. The Bertz CT molecular complexity index is 527. The van der Waals surface area contributed by atoms with E-state index in [4.69, 9.17) is 9.15 Å². The highest BCUT2D eigenvalue weighted by Gasteiger charge is 2.16. The summed E-state index contributed by atoms with van der Waals surface area (Å²) in [4.78, 5) is 11.5. The number of aromatic nitrogens is 1. The molecule has 0 amide bonds. The molecule has 2 aromatic rings. The summed E-state index contributed by atoms with van der Waals surface area (Å²) in [5.74, 6) is 0.664. The summed E-state index contributed by atoms with van der Waals surface area (Å²) in [6, 6.07) is 5.54. The van der Waals surface area contributed by atoms with Crippen molar-refractivity contribution in [1.82, 2.24) is 4.57 Å². The first-order valence-electron chi connectivity index (χ1n) is 4.65. The van der Waals surface area contributed by atoms with E-state index in [1.165, 1.54) is 11.7 Å². The number of hydrogen-bond donors (Lipinski definition) is 0. The van der Waals surface area contributed by atoms with Crippen molar-refractivity contribution in [3.05, 3.63) is 33.7 Å². The molecule has 0 aliphatic heterocycles. The molecule has 0 bridgehead atoms. The second kappa shape index (κ2) is 4.32. The minimum absolute atomic E-state index is 0.422. The van der Waals surface area contributed by atoms with Crippen molar-refractivity contribution >= 4 is 28.7 Å². The standard InChI is InChI=1S/C11H10INO3/c1-7-5-6-13(11(14)15-2)10(7)8-3-4-9(12)16-8/h3-6H,1-2H3. The van der Waals surface area contributed by atoms with Crippen molar-refractivity contribution in [1.29, 1.82) is 0 Å². The van der Waals surface area contributed by atoms with Gasteiger partial charge >= 0.3 is 6.09 Å². The highest BCUT2D eigenvalue weighted by atomic mass is 127. The van der Waals surface area contributed by atoms with Crippen LogP contribution in [0.15, 0.2) is 28.8 Å². The minimum Gasteiger partial charge on any atom is -0.452 e. The van der Waals surface area contributed by atoms with E-state index in [9.17, 15) is 4.79 Å². The summed E-state index contributed by atoms with van der Waals surface area (Å²) in [6.07, 6.45) is 1.25. The van der Waals surface area contributed by atoms with Gasteiger partial charge in [0, 0.05) is 6.20 Å². The summed E-state index contributed by atoms with van der Waals surface area (Å²) < 4.78 is 12.4. The molecule has 4 nitrogen and oxygen atoms in total. The van der Waals surface area contributed by atoms with Crippen molar-refractivity contribution in [3.8, 4) is 11.5 Å². The fraction of sp³-hybridized carbons (Fsp3) is 0.182. The zero-order chi connectivity index (χ0) is 11.7. The van der Waals surface area contributed by atoms with Gasteiger partial charge in [0.05, 0.1) is 12.8 Å². The molecule has 0 aromatic carbocycles. The molecule has 5 heteroatoms. The van der Waals surface area contributed by atoms with Gasteiger partial charge in [0.1, 0.15) is 0 Å². The van der Waals surface area contributed by atoms with Crippen LogP contribution in [0.2, 0.25) is 0 Å². The Morgan fingerprint density at radius 2 is 2.19 bits per heavy atom. The monoisotopic (exact) mass is 331 g/mol. The van der Waals surface area contributed by atoms with E-state index in [1.807, 2.05) is 25.1 Å². The van der Waals surface area contributed by atoms with Crippen LogP contribution in [0, 0.1) is 10.7 Å². The third kappa shape index (κ3) is 1.87. The number of aryl methyl sites for hydroxylation is 1. The molecule has 0 aliphatic carbocycles. The van der Waals surface area contributed by atoms with Gasteiger partial charge < -0.3 is 9.15 Å². The van der Waals surface area contributed by atoms with Crippen LogP contribution in [-0.2, 0) is 4.74 Å². The van der Waals surface area contributed by atoms with Crippen LogP contribution in [0.4, 0.5) is 4.79 Å². The number of ether oxygens (including phenoxy) is 1. The third-order valence-corrected chi connectivity index (χ3v) is 2.85. The number of methoxy groups -OCH3 is 1. The number of carbonyl (C=O) groups is 1. The maximum absolute atomic E-state index is 11.5. The molecule has 16 heavy (non-hydrogen) atoms. The van der Waals surface area contributed by atoms with E-state index in [-0.39, 0.29) is 0 Å². The molecule has 0 saturated carbocycles. The highest BCUT2D eigenvalue weighted by molar-refractivity contribution is 14.1. The van der Waals surface area contributed by atoms with Gasteiger partial charge in [-0.25, -0.2) is 9.36 Å². The summed E-state index contributed by atoms with van der Waals surface area (Å²) >= 11 is 2.08. The minimum atomic E-state index is -0.422. The maximum Gasteiger partial charge on any atom is 0.418 e. The highest BCUT2D eigenvalue weighted by Crippen LogP contribution is 2.27. The van der Waals surface area contributed by atoms with Crippen molar-refractivity contribution in [3.63, 3.8) is 0 Å². The Kier molecular flexibility index (Phi) is 3.04. The lowest BCUT2D eigenvalue weighted by molar-refractivity contribution is 0.173. The molecule has 2 rings (SSSR count). The SMILES string of the molecule is COC(=O)n1ccc(C)c1-c1ccc(I)o1. The van der Waals surface area contributed by atoms with E-state index < -0.39 is 6.09 Å². The Morgan fingerprint density at radius 3 is 2.75 bits per heavy atom. The maximum atomic E-state index is 11.5. The number of nitrogens with zero attached hydrogens (tertiary/aromatic N) is 1. The predicted octanol–water partition coefficient (Wildman–Crippen LogP) is 3.28. The second-order valence-electron chi connectivity index (χ2n) is 3.29. The Morgan fingerprint density at radius 1 is 1.44 bits per heavy atom. The zero-order valence-corrected chi connectivity index (χ0v) is 11.0. The molecule has 0 aliphatic rings. The first-order chi connectivity index (χ1) is 7.63. The molecule has 0 unspecified atom stereocenters. The molecule has 0 atom stereocenters. The van der Waals surface area contributed by atoms with Crippen LogP contribution < -0.4 is 0 Å². The molecule has 0 radical (unpaired) electrons. The Balaban J connectivity index is 2.55. The molecule has 2 heterocycles. The average molecular weight is 331 g/mol. The fourth-order valence-corrected chi connectivity index (χ4v) is 1.95. The Hall–Kier alpha value is -1.24. The van der Waals surface area contributed by atoms with E-state index >= 15 is 0 Å². The zero-order valence-electron chi connectivity index (χ0n) is 8.86. The Labute approximate surface area is 106 Å². The number of furan rings is 1. The van der Waals surface area contributed by atoms with Gasteiger partial charge in [-0.15, -0.1) is 0 Å². The molecule has 0 fully saturated rings. The average Bonchev–Trinajstić information content (AvgIpc) is 2.83. The van der Waals surface area contributed by atoms with E-state index in [0.717, 1.165) is 15.0 Å². The van der Waals surface area contributed by atoms with Crippen LogP contribution in [0.3, 0.4) is 0 Å². The van der Waals surface area contributed by atoms with Gasteiger partial charge in [-0.2, -0.15) is 0 Å². The van der Waals surface area contributed by atoms with Crippen LogP contribution >= 0.6 is 22.6 Å². The number of halogens is 1. The van der Waals surface area contributed by atoms with E-state index in [2.05, 4.69) is 22.6 Å². The van der Waals surface area contributed by atoms with Gasteiger partial charge in [0.2, 0.25) is 0 Å². The van der Waals surface area contributed by atoms with Crippen LogP contribution in [0.1, 0.15) is 5.56 Å². The van der Waals surface area contributed by atoms with Crippen molar-refractivity contribution < 1.29 is 13.9 Å². The molecule has 0 saturated heterocycles. The summed E-state index contributed by atoms with van der Waals surface area (Å²) in [5.41, 5.74) is 1.70. The number of hydrogen-bond acceptors (Lipinski definition) is 3. The lowest BCUT2D eigenvalue weighted by Gasteiger charge is -2.05. The van der Waals surface area contributed by atoms with Crippen molar-refractivity contribution in [2.45, 2.75) is 6.92 Å². The van der Waals surface area contributed by atoms with Crippen molar-refractivity contribution in [2.24, 2.45) is 0 Å². The number of rotatable bonds is 1. The van der Waals surface area contributed by atoms with Gasteiger partial charge in [0.15, 0.2) is 9.53 Å². The van der Waals surface area contributed by atoms with Gasteiger partial charge in [-0.3, -0.25) is 0 Å². The first-order valence-corrected chi connectivity index (χ1v) is 5.73. The first kappa shape index (κ1) is 11.3. The fourth-order valence-electron chi connectivity index (χ4n) is 1.53. The third-order valence-electron chi connectivity index (χ3n) is 2.27. The molecule has 84 valence electrons. The molecule has 0 spiro atoms. The predicted molar refractivity (Wildman–Crippen MR) is 67.4 cm³/mol. The quantitative estimate of drug-likeness (QED) is 0.754. The van der Waals surface area contributed by atoms with Crippen molar-refractivity contribution in [2.75, 3.05) is 7.11 Å². The van der Waals surface area contributed by atoms with Crippen LogP contribution in [0.5, 0.6) is 0 Å². The van der Waals surface area contributed by atoms with Gasteiger partial charge in [0.25, 0.3) is 0 Å². The molecule has 0 N–H and O–H groups in total. The summed E-state index contributed by atoms with van der Waals surface area (Å²) in [7, 11) is 1.35. The van der Waals surface area contributed by atoms with Gasteiger partial charge in [-0.05, 0) is 53.3 Å². The second-order valence-corrected chi connectivity index (χ2v) is 4.35. The van der Waals surface area contributed by atoms with E-state index in [1.54, 1.807) is 6.20 Å². The number of carbonyl (C=O) groups excluding carboxylic acids is 1. The van der Waals surface area contributed by atoms with Crippen LogP contribution in [0.25, 0.3) is 11.5 Å². The largest absolute Gasteiger partial charge is 0.452 e. The van der Waals surface area contributed by atoms with Crippen LogP contribution in [-0.4, -0.2) is 17.8 Å². The smallest absolute Gasteiger partial charge is 0.418 e. The lowest BCUT2D eigenvalue weighted by Crippen LogP contribution is -2.11. The molecular weight excluding hydrogens is 321 g/mol.